The van der Waals surface area contributed by atoms with Crippen LogP contribution in [0.3, 0.4) is 0 Å². The molecule has 2 rings (SSSR count). The fraction of sp³-hybridized carbons (Fsp3) is 0.182. The van der Waals surface area contributed by atoms with Crippen LogP contribution < -0.4 is 10.5 Å². The Kier molecular flexibility index (Phi) is 3.97. The largest absolute Gasteiger partial charge is 0.398 e. The molecule has 1 heterocycles. The molecule has 8 nitrogen and oxygen atoms in total. The zero-order valence-electron chi connectivity index (χ0n) is 10.4. The Bertz CT molecular complexity index is 733. The fourth-order valence-corrected chi connectivity index (χ4v) is 2.72. The third-order valence-electron chi connectivity index (χ3n) is 2.53. The highest BCUT2D eigenvalue weighted by atomic mass is 32.2. The van der Waals surface area contributed by atoms with E-state index >= 15 is 0 Å². The maximum Gasteiger partial charge on any atom is 0.242 e. The minimum atomic E-state index is -3.72. The van der Waals surface area contributed by atoms with E-state index in [1.165, 1.54) is 29.1 Å². The Labute approximate surface area is 115 Å². The third-order valence-corrected chi connectivity index (χ3v) is 4.07. The molecule has 0 aliphatic carbocycles. The van der Waals surface area contributed by atoms with Crippen LogP contribution in [0.5, 0.6) is 0 Å². The molecule has 1 aromatic carbocycles. The maximum atomic E-state index is 12.1. The van der Waals surface area contributed by atoms with Crippen LogP contribution in [-0.4, -0.2) is 30.0 Å². The molecule has 0 aliphatic rings. The molecule has 0 atom stereocenters. The highest BCUT2D eigenvalue weighted by molar-refractivity contribution is 7.89. The summed E-state index contributed by atoms with van der Waals surface area (Å²) in [6, 6.07) is 5.94. The van der Waals surface area contributed by atoms with Crippen LogP contribution in [0, 0.1) is 11.3 Å². The van der Waals surface area contributed by atoms with Crippen molar-refractivity contribution in [3.63, 3.8) is 0 Å². The third kappa shape index (κ3) is 3.11. The van der Waals surface area contributed by atoms with Crippen LogP contribution in [0.25, 0.3) is 0 Å². The summed E-state index contributed by atoms with van der Waals surface area (Å²) in [6.45, 7) is 0.514. The summed E-state index contributed by atoms with van der Waals surface area (Å²) in [4.78, 5) is -0.0462. The first-order chi connectivity index (χ1) is 9.53. The van der Waals surface area contributed by atoms with Crippen LogP contribution in [0.2, 0.25) is 0 Å². The van der Waals surface area contributed by atoms with Crippen LogP contribution in [-0.2, 0) is 16.6 Å². The summed E-state index contributed by atoms with van der Waals surface area (Å²) in [7, 11) is -3.72. The number of nitrogen functional groups attached to an aromatic ring is 1. The molecule has 0 unspecified atom stereocenters. The van der Waals surface area contributed by atoms with E-state index < -0.39 is 10.0 Å². The lowest BCUT2D eigenvalue weighted by Crippen LogP contribution is -2.28. The van der Waals surface area contributed by atoms with Gasteiger partial charge in [-0.25, -0.2) is 13.1 Å². The lowest BCUT2D eigenvalue weighted by Gasteiger charge is -2.09. The highest BCUT2D eigenvalue weighted by Crippen LogP contribution is 2.19. The van der Waals surface area contributed by atoms with Gasteiger partial charge in [0.2, 0.25) is 10.0 Å². The molecule has 0 saturated carbocycles. The number of hydrogen-bond donors (Lipinski definition) is 2. The van der Waals surface area contributed by atoms with E-state index in [4.69, 9.17) is 11.0 Å². The molecule has 0 saturated heterocycles. The molecule has 2 aromatic rings. The van der Waals surface area contributed by atoms with Gasteiger partial charge in [0.05, 0.1) is 30.1 Å². The normalized spacial score (nSPS) is 11.2. The summed E-state index contributed by atoms with van der Waals surface area (Å²) in [5.41, 5.74) is 6.00. The second-order valence-electron chi connectivity index (χ2n) is 3.93. The molecule has 0 radical (unpaired) electrons. The molecule has 0 amide bonds. The summed E-state index contributed by atoms with van der Waals surface area (Å²) in [6.07, 6.45) is 3.14. The van der Waals surface area contributed by atoms with Crippen molar-refractivity contribution < 1.29 is 8.42 Å². The van der Waals surface area contributed by atoms with Crippen molar-refractivity contribution >= 4 is 15.7 Å². The summed E-state index contributed by atoms with van der Waals surface area (Å²) >= 11 is 0. The predicted octanol–water partition coefficient (Wildman–Crippen LogP) is -0.290. The van der Waals surface area contributed by atoms with Gasteiger partial charge in [0.15, 0.2) is 0 Å². The quantitative estimate of drug-likeness (QED) is 0.729. The lowest BCUT2D eigenvalue weighted by molar-refractivity contribution is 0.553. The summed E-state index contributed by atoms with van der Waals surface area (Å²) in [5, 5.41) is 16.1. The van der Waals surface area contributed by atoms with E-state index in [-0.39, 0.29) is 17.1 Å². The number of nitrogens with two attached hydrogens (primary N) is 1. The van der Waals surface area contributed by atoms with Gasteiger partial charge >= 0.3 is 0 Å². The maximum absolute atomic E-state index is 12.1. The van der Waals surface area contributed by atoms with Crippen molar-refractivity contribution in [3.05, 3.63) is 36.2 Å². The van der Waals surface area contributed by atoms with Crippen molar-refractivity contribution in [2.75, 3.05) is 12.3 Å². The van der Waals surface area contributed by atoms with E-state index in [0.717, 1.165) is 0 Å². The Balaban J connectivity index is 2.08. The second kappa shape index (κ2) is 5.68. The van der Waals surface area contributed by atoms with Gasteiger partial charge in [-0.15, -0.1) is 5.10 Å². The van der Waals surface area contributed by atoms with Gasteiger partial charge in [0.25, 0.3) is 0 Å². The highest BCUT2D eigenvalue weighted by Gasteiger charge is 2.17. The van der Waals surface area contributed by atoms with Crippen molar-refractivity contribution in [2.45, 2.75) is 11.4 Å². The Morgan fingerprint density at radius 1 is 1.45 bits per heavy atom. The Hall–Kier alpha value is -2.44. The molecule has 1 aromatic heterocycles. The molecular formula is C11H12N6O2S. The molecule has 0 aliphatic heterocycles. The lowest BCUT2D eigenvalue weighted by atomic mass is 10.2. The van der Waals surface area contributed by atoms with E-state index in [1.807, 2.05) is 6.07 Å². The van der Waals surface area contributed by atoms with Gasteiger partial charge in [-0.3, -0.25) is 4.68 Å². The number of nitriles is 1. The number of benzene rings is 1. The molecular weight excluding hydrogens is 280 g/mol. The number of nitrogens with one attached hydrogen (secondary N) is 1. The number of rotatable bonds is 5. The van der Waals surface area contributed by atoms with Gasteiger partial charge in [-0.1, -0.05) is 5.21 Å². The Morgan fingerprint density at radius 3 is 2.85 bits per heavy atom. The zero-order chi connectivity index (χ0) is 14.6. The minimum Gasteiger partial charge on any atom is -0.398 e. The van der Waals surface area contributed by atoms with Crippen LogP contribution in [0.1, 0.15) is 5.56 Å². The SMILES string of the molecule is N#Cc1ccc(S(=O)(=O)NCCn2ccnn2)c(N)c1. The summed E-state index contributed by atoms with van der Waals surface area (Å²) in [5.74, 6) is 0. The monoisotopic (exact) mass is 292 g/mol. The van der Waals surface area contributed by atoms with E-state index in [0.29, 0.717) is 12.1 Å². The van der Waals surface area contributed by atoms with Gasteiger partial charge < -0.3 is 5.73 Å². The van der Waals surface area contributed by atoms with Crippen molar-refractivity contribution in [1.82, 2.24) is 19.7 Å². The van der Waals surface area contributed by atoms with E-state index in [9.17, 15) is 8.42 Å². The molecule has 9 heteroatoms. The first-order valence-corrected chi connectivity index (χ1v) is 7.14. The van der Waals surface area contributed by atoms with Crippen molar-refractivity contribution in [3.8, 4) is 6.07 Å². The number of nitrogens with zero attached hydrogens (tertiary/aromatic N) is 4. The van der Waals surface area contributed by atoms with Gasteiger partial charge in [0.1, 0.15) is 4.90 Å². The molecule has 0 bridgehead atoms. The average molecular weight is 292 g/mol. The topological polar surface area (TPSA) is 127 Å². The molecule has 104 valence electrons. The van der Waals surface area contributed by atoms with E-state index in [2.05, 4.69) is 15.0 Å². The van der Waals surface area contributed by atoms with Gasteiger partial charge in [0, 0.05) is 12.7 Å². The van der Waals surface area contributed by atoms with Crippen LogP contribution in [0.15, 0.2) is 35.5 Å². The molecule has 3 N–H and O–H groups in total. The number of hydrogen-bond acceptors (Lipinski definition) is 6. The zero-order valence-corrected chi connectivity index (χ0v) is 11.2. The number of sulfonamides is 1. The smallest absolute Gasteiger partial charge is 0.242 e. The first-order valence-electron chi connectivity index (χ1n) is 5.66. The predicted molar refractivity (Wildman–Crippen MR) is 70.8 cm³/mol. The first kappa shape index (κ1) is 14.0. The van der Waals surface area contributed by atoms with Gasteiger partial charge in [-0.2, -0.15) is 5.26 Å². The minimum absolute atomic E-state index is 0.0392. The van der Waals surface area contributed by atoms with Gasteiger partial charge in [-0.05, 0) is 18.2 Å². The average Bonchev–Trinajstić information content (AvgIpc) is 2.91. The summed E-state index contributed by atoms with van der Waals surface area (Å²) < 4.78 is 28.0. The fourth-order valence-electron chi connectivity index (χ4n) is 1.59. The molecule has 20 heavy (non-hydrogen) atoms. The Morgan fingerprint density at radius 2 is 2.25 bits per heavy atom. The van der Waals surface area contributed by atoms with Crippen LogP contribution >= 0.6 is 0 Å². The van der Waals surface area contributed by atoms with E-state index in [1.54, 1.807) is 6.20 Å². The number of aromatic nitrogens is 3. The van der Waals surface area contributed by atoms with Crippen molar-refractivity contribution in [2.24, 2.45) is 0 Å². The number of anilines is 1. The van der Waals surface area contributed by atoms with Crippen LogP contribution in [0.4, 0.5) is 5.69 Å². The second-order valence-corrected chi connectivity index (χ2v) is 5.66. The molecule has 0 spiro atoms. The molecule has 0 fully saturated rings. The standard InChI is InChI=1S/C11H12N6O2S/c12-8-9-1-2-11(10(13)7-9)20(18,19)15-4-6-17-5-3-14-16-17/h1-3,5,7,15H,4,6,13H2. The van der Waals surface area contributed by atoms with Crippen molar-refractivity contribution in [1.29, 1.82) is 5.26 Å².